The van der Waals surface area contributed by atoms with E-state index in [0.29, 0.717) is 16.2 Å². The Morgan fingerprint density at radius 1 is 0.657 bits per heavy atom. The molecule has 0 bridgehead atoms. The molecule has 0 fully saturated rings. The molecule has 0 radical (unpaired) electrons. The molecule has 6 nitrogen and oxygen atoms in total. The third-order valence-electron chi connectivity index (χ3n) is 4.95. The summed E-state index contributed by atoms with van der Waals surface area (Å²) in [5, 5.41) is 28.3. The van der Waals surface area contributed by atoms with Crippen LogP contribution in [0.5, 0.6) is 0 Å². The molecule has 0 atom stereocenters. The zero-order chi connectivity index (χ0) is 26.5. The Hall–Kier alpha value is -2.60. The fraction of sp³-hybridized carbons (Fsp3) is 0.321. The Labute approximate surface area is 209 Å². The normalized spacial score (nSPS) is 11.9. The van der Waals surface area contributed by atoms with E-state index in [1.54, 1.807) is 82.3 Å². The molecule has 0 spiro atoms. The van der Waals surface area contributed by atoms with Crippen molar-refractivity contribution in [3.8, 4) is 0 Å². The van der Waals surface area contributed by atoms with Crippen molar-refractivity contribution < 1.29 is 29.9 Å². The number of carboxylic acids is 1. The van der Waals surface area contributed by atoms with E-state index in [-0.39, 0.29) is 0 Å². The molecule has 0 aliphatic carbocycles. The zero-order valence-electron chi connectivity index (χ0n) is 20.9. The first-order chi connectivity index (χ1) is 16.2. The first kappa shape index (κ1) is 30.4. The van der Waals surface area contributed by atoms with Gasteiger partial charge in [-0.2, -0.15) is 0 Å². The van der Waals surface area contributed by atoms with Gasteiger partial charge in [-0.1, -0.05) is 18.2 Å². The maximum atomic E-state index is 10.2. The number of aliphatic hydroxyl groups is 2. The van der Waals surface area contributed by atoms with E-state index < -0.39 is 24.9 Å². The van der Waals surface area contributed by atoms with Gasteiger partial charge in [0.25, 0.3) is 0 Å². The van der Waals surface area contributed by atoms with Crippen molar-refractivity contribution in [3.63, 3.8) is 0 Å². The molecule has 0 aliphatic heterocycles. The monoisotopic (exact) mass is 502 g/mol. The summed E-state index contributed by atoms with van der Waals surface area (Å²) in [4.78, 5) is 30.5. The number of hydrogen-bond acceptors (Lipinski definition) is 5. The molecule has 0 saturated heterocycles. The van der Waals surface area contributed by atoms with Crippen LogP contribution in [0.3, 0.4) is 0 Å². The molecule has 5 N–H and O–H groups in total. The Morgan fingerprint density at radius 3 is 1.23 bits per heavy atom. The summed E-state index contributed by atoms with van der Waals surface area (Å²) in [5.41, 5.74) is -0.853. The molecule has 7 heteroatoms. The number of carboxylic acid groups (broad SMARTS) is 1. The fourth-order valence-electron chi connectivity index (χ4n) is 3.04. The molecule has 0 aliphatic rings. The van der Waals surface area contributed by atoms with Crippen molar-refractivity contribution in [1.82, 2.24) is 0 Å². The van der Waals surface area contributed by atoms with Gasteiger partial charge >= 0.3 is 94.7 Å². The molecule has 3 aromatic carbocycles. The van der Waals surface area contributed by atoms with Crippen LogP contribution in [0.15, 0.2) is 91.0 Å². The molecule has 0 amide bonds. The van der Waals surface area contributed by atoms with Crippen LogP contribution < -0.4 is 10.6 Å². The average Bonchev–Trinajstić information content (AvgIpc) is 2.80. The number of benzene rings is 3. The molecular weight excluding hydrogens is 463 g/mol. The van der Waals surface area contributed by atoms with Crippen molar-refractivity contribution in [3.05, 3.63) is 96.6 Å². The van der Waals surface area contributed by atoms with E-state index in [1.807, 2.05) is 36.4 Å². The first-order valence-corrected chi connectivity index (χ1v) is 13.4. The fourth-order valence-corrected chi connectivity index (χ4v) is 4.69. The first-order valence-electron chi connectivity index (χ1n) is 11.5. The topological polar surface area (TPSA) is 118 Å². The van der Waals surface area contributed by atoms with Gasteiger partial charge in [-0.15, -0.1) is 0 Å². The summed E-state index contributed by atoms with van der Waals surface area (Å²) in [6, 6.07) is 26.3. The van der Waals surface area contributed by atoms with Crippen LogP contribution in [0.4, 0.5) is 0 Å². The molecule has 0 aromatic heterocycles. The quantitative estimate of drug-likeness (QED) is 0.308. The third-order valence-corrected chi connectivity index (χ3v) is 7.23. The van der Waals surface area contributed by atoms with Gasteiger partial charge in [-0.25, -0.2) is 4.79 Å². The summed E-state index contributed by atoms with van der Waals surface area (Å²) in [7, 11) is -3.46. The summed E-state index contributed by atoms with van der Waals surface area (Å²) < 4.78 is 0. The van der Waals surface area contributed by atoms with Gasteiger partial charge in [-0.05, 0) is 59.1 Å². The van der Waals surface area contributed by atoms with E-state index in [1.165, 1.54) is 0 Å². The van der Waals surface area contributed by atoms with Gasteiger partial charge in [0, 0.05) is 0 Å². The van der Waals surface area contributed by atoms with Crippen LogP contribution in [0.2, 0.25) is 0 Å². The van der Waals surface area contributed by atoms with Crippen molar-refractivity contribution in [2.24, 2.45) is 0 Å². The van der Waals surface area contributed by atoms with Crippen LogP contribution in [0, 0.1) is 0 Å². The number of rotatable bonds is 7. The summed E-state index contributed by atoms with van der Waals surface area (Å²) in [6.45, 7) is 7.16. The van der Waals surface area contributed by atoms with Crippen LogP contribution >= 0.6 is 7.72 Å². The van der Waals surface area contributed by atoms with Crippen LogP contribution in [0.25, 0.3) is 0 Å². The Kier molecular flexibility index (Phi) is 12.2. The molecular formula is C28H39O6P. The maximum absolute atomic E-state index is 10.2. The van der Waals surface area contributed by atoms with Crippen LogP contribution in [-0.2, 0) is 0 Å². The van der Waals surface area contributed by atoms with Gasteiger partial charge < -0.3 is 15.3 Å². The second kappa shape index (κ2) is 14.1. The van der Waals surface area contributed by atoms with Crippen molar-refractivity contribution in [2.75, 3.05) is 0 Å². The van der Waals surface area contributed by atoms with Gasteiger partial charge in [0.1, 0.15) is 0 Å². The standard InChI is InChI=1S/C12H13O2P.C9H20O2.C7H6O2/c13-15(14,11-7-3-1-4-8-11)12-9-5-2-6-10-12;1-8(2,10)6-5-7-9(3,4)11;8-7(9)6-4-2-1-3-5-6/h1-10,13-15H;10-11H,5-7H2,1-4H3;1-5H,(H,8,9). The predicted molar refractivity (Wildman–Crippen MR) is 145 cm³/mol. The zero-order valence-corrected chi connectivity index (χ0v) is 21.9. The second-order valence-electron chi connectivity index (χ2n) is 9.55. The van der Waals surface area contributed by atoms with Crippen molar-refractivity contribution >= 4 is 24.3 Å². The van der Waals surface area contributed by atoms with Crippen molar-refractivity contribution in [2.45, 2.75) is 58.2 Å². The van der Waals surface area contributed by atoms with Crippen LogP contribution in [0.1, 0.15) is 57.3 Å². The van der Waals surface area contributed by atoms with E-state index in [4.69, 9.17) is 5.11 Å². The Morgan fingerprint density at radius 2 is 0.971 bits per heavy atom. The minimum atomic E-state index is -3.46. The van der Waals surface area contributed by atoms with Gasteiger partial charge in [0.15, 0.2) is 0 Å². The molecule has 0 unspecified atom stereocenters. The van der Waals surface area contributed by atoms with Gasteiger partial charge in [-0.3, -0.25) is 0 Å². The summed E-state index contributed by atoms with van der Waals surface area (Å²) in [6.07, 6.45) is 2.36. The minimum absolute atomic E-state index is 0.331. The van der Waals surface area contributed by atoms with E-state index in [2.05, 4.69) is 0 Å². The number of carbonyl (C=O) groups is 1. The van der Waals surface area contributed by atoms with Crippen molar-refractivity contribution in [1.29, 1.82) is 0 Å². The van der Waals surface area contributed by atoms with E-state index in [9.17, 15) is 24.8 Å². The van der Waals surface area contributed by atoms with E-state index in [0.717, 1.165) is 19.3 Å². The summed E-state index contributed by atoms with van der Waals surface area (Å²) >= 11 is 0. The van der Waals surface area contributed by atoms with Crippen LogP contribution in [-0.4, -0.2) is 42.3 Å². The molecule has 0 heterocycles. The van der Waals surface area contributed by atoms with Gasteiger partial charge in [0.2, 0.25) is 0 Å². The van der Waals surface area contributed by atoms with E-state index >= 15 is 0 Å². The number of hydrogen-bond donors (Lipinski definition) is 5. The Balaban J connectivity index is 0.000000273. The van der Waals surface area contributed by atoms with Gasteiger partial charge in [0.05, 0.1) is 16.8 Å². The SMILES string of the molecule is CC(C)(O)CCCC(C)(C)O.O=C(O)c1ccccc1.O[PH](O)(c1ccccc1)c1ccccc1. The molecule has 3 aromatic rings. The molecule has 35 heavy (non-hydrogen) atoms. The summed E-state index contributed by atoms with van der Waals surface area (Å²) in [5.74, 6) is -0.879. The second-order valence-corrected chi connectivity index (χ2v) is 12.1. The molecule has 0 saturated carbocycles. The molecule has 192 valence electrons. The predicted octanol–water partition coefficient (Wildman–Crippen LogP) is 4.29. The Bertz CT molecular complexity index is 923. The molecule has 3 rings (SSSR count). The average molecular weight is 503 g/mol. The number of aromatic carboxylic acids is 1. The third kappa shape index (κ3) is 13.2.